The monoisotopic (exact) mass is 366 g/mol. The Balaban J connectivity index is 0.00000225. The first-order chi connectivity index (χ1) is 11.5. The van der Waals surface area contributed by atoms with Crippen molar-refractivity contribution in [2.24, 2.45) is 0 Å². The van der Waals surface area contributed by atoms with Crippen molar-refractivity contribution in [3.05, 3.63) is 68.8 Å². The Labute approximate surface area is 146 Å². The second kappa shape index (κ2) is 6.98. The van der Waals surface area contributed by atoms with Gasteiger partial charge in [0, 0.05) is 24.3 Å². The summed E-state index contributed by atoms with van der Waals surface area (Å²) >= 11 is 0. The van der Waals surface area contributed by atoms with Gasteiger partial charge in [-0.15, -0.1) is 17.9 Å². The van der Waals surface area contributed by atoms with E-state index < -0.39 is 15.9 Å². The lowest BCUT2D eigenvalue weighted by Gasteiger charge is -2.18. The second-order valence-corrected chi connectivity index (χ2v) is 4.73. The van der Waals surface area contributed by atoms with Gasteiger partial charge >= 0.3 is 6.03 Å². The SMILES string of the molecule is Cl.O=C1NN(c2ccc([N+](=O)[O-])cc2)NN1c1ccc([N+](=O)[O-])cc1. The summed E-state index contributed by atoms with van der Waals surface area (Å²) in [5.41, 5.74) is 5.94. The zero-order valence-corrected chi connectivity index (χ0v) is 13.2. The molecule has 1 heterocycles. The summed E-state index contributed by atoms with van der Waals surface area (Å²) in [7, 11) is 0. The van der Waals surface area contributed by atoms with Crippen LogP contribution in [0.3, 0.4) is 0 Å². The van der Waals surface area contributed by atoms with E-state index in [9.17, 15) is 25.0 Å². The fraction of sp³-hybridized carbons (Fsp3) is 0. The first kappa shape index (κ1) is 17.9. The van der Waals surface area contributed by atoms with E-state index in [0.29, 0.717) is 11.4 Å². The van der Waals surface area contributed by atoms with Crippen LogP contribution in [0.1, 0.15) is 0 Å². The summed E-state index contributed by atoms with van der Waals surface area (Å²) in [5.74, 6) is 0. The minimum atomic E-state index is -0.537. The van der Waals surface area contributed by atoms with Crippen LogP contribution in [0.4, 0.5) is 27.5 Å². The Bertz CT molecular complexity index is 813. The van der Waals surface area contributed by atoms with Crippen LogP contribution in [-0.4, -0.2) is 15.9 Å². The predicted molar refractivity (Wildman–Crippen MR) is 90.1 cm³/mol. The second-order valence-electron chi connectivity index (χ2n) is 4.73. The molecule has 1 saturated heterocycles. The summed E-state index contributed by atoms with van der Waals surface area (Å²) in [4.78, 5) is 32.3. The van der Waals surface area contributed by atoms with Crippen LogP contribution in [-0.2, 0) is 0 Å². The van der Waals surface area contributed by atoms with E-state index in [1.54, 1.807) is 0 Å². The fourth-order valence-electron chi connectivity index (χ4n) is 2.06. The van der Waals surface area contributed by atoms with Gasteiger partial charge < -0.3 is 0 Å². The molecule has 12 heteroatoms. The molecule has 0 radical (unpaired) electrons. The lowest BCUT2D eigenvalue weighted by atomic mass is 10.3. The Morgan fingerprint density at radius 2 is 1.24 bits per heavy atom. The summed E-state index contributed by atoms with van der Waals surface area (Å²) in [6.07, 6.45) is 0. The van der Waals surface area contributed by atoms with Gasteiger partial charge in [-0.25, -0.2) is 15.2 Å². The minimum Gasteiger partial charge on any atom is -0.258 e. The number of hydrogen-bond acceptors (Lipinski definition) is 7. The van der Waals surface area contributed by atoms with E-state index in [0.717, 1.165) is 5.01 Å². The smallest absolute Gasteiger partial charge is 0.258 e. The fourth-order valence-corrected chi connectivity index (χ4v) is 2.06. The van der Waals surface area contributed by atoms with E-state index in [1.807, 2.05) is 0 Å². The molecule has 0 spiro atoms. The average Bonchev–Trinajstić information content (AvgIpc) is 2.97. The molecule has 0 unspecified atom stereocenters. The van der Waals surface area contributed by atoms with Gasteiger partial charge in [-0.05, 0) is 24.3 Å². The van der Waals surface area contributed by atoms with Gasteiger partial charge in [0.1, 0.15) is 0 Å². The largest absolute Gasteiger partial charge is 0.358 e. The van der Waals surface area contributed by atoms with Gasteiger partial charge in [-0.1, -0.05) is 0 Å². The Morgan fingerprint density at radius 1 is 0.800 bits per heavy atom. The third kappa shape index (κ3) is 3.57. The number of non-ortho nitro benzene ring substituents is 2. The first-order valence-corrected chi connectivity index (χ1v) is 6.62. The number of carbonyl (C=O) groups is 1. The highest BCUT2D eigenvalue weighted by molar-refractivity contribution is 5.94. The third-order valence-electron chi connectivity index (χ3n) is 3.25. The van der Waals surface area contributed by atoms with E-state index in [1.165, 1.54) is 53.6 Å². The summed E-state index contributed by atoms with van der Waals surface area (Å²) in [6.45, 7) is 0. The number of nitrogens with one attached hydrogen (secondary N) is 2. The van der Waals surface area contributed by atoms with E-state index in [2.05, 4.69) is 11.0 Å². The molecule has 1 aliphatic rings. The van der Waals surface area contributed by atoms with Gasteiger partial charge in [0.25, 0.3) is 11.4 Å². The summed E-state index contributed by atoms with van der Waals surface area (Å²) in [5, 5.41) is 23.7. The zero-order valence-electron chi connectivity index (χ0n) is 12.4. The molecule has 1 aliphatic heterocycles. The number of nitro groups is 2. The Morgan fingerprint density at radius 3 is 1.68 bits per heavy atom. The maximum absolute atomic E-state index is 12.0. The molecular weight excluding hydrogens is 356 g/mol. The summed E-state index contributed by atoms with van der Waals surface area (Å²) < 4.78 is 0. The molecule has 2 N–H and O–H groups in total. The van der Waals surface area contributed by atoms with Gasteiger partial charge in [-0.3, -0.25) is 20.2 Å². The maximum Gasteiger partial charge on any atom is 0.358 e. The third-order valence-corrected chi connectivity index (χ3v) is 3.25. The number of anilines is 2. The van der Waals surface area contributed by atoms with Crippen LogP contribution in [0.25, 0.3) is 0 Å². The van der Waals surface area contributed by atoms with Crippen molar-refractivity contribution in [2.75, 3.05) is 10.1 Å². The number of rotatable bonds is 4. The molecule has 0 bridgehead atoms. The van der Waals surface area contributed by atoms with E-state index in [4.69, 9.17) is 0 Å². The van der Waals surface area contributed by atoms with Gasteiger partial charge in [0.2, 0.25) is 0 Å². The van der Waals surface area contributed by atoms with Gasteiger partial charge in [0.15, 0.2) is 0 Å². The molecule has 0 aliphatic carbocycles. The van der Waals surface area contributed by atoms with Crippen LogP contribution < -0.4 is 21.1 Å². The molecule has 11 nitrogen and oxygen atoms in total. The highest BCUT2D eigenvalue weighted by atomic mass is 35.5. The topological polar surface area (TPSA) is 134 Å². The van der Waals surface area contributed by atoms with Crippen LogP contribution in [0.5, 0.6) is 0 Å². The number of hydrogen-bond donors (Lipinski definition) is 2. The molecular formula is C13H11ClN6O5. The van der Waals surface area contributed by atoms with Crippen molar-refractivity contribution in [3.63, 3.8) is 0 Å². The Hall–Kier alpha value is -3.44. The van der Waals surface area contributed by atoms with Gasteiger partial charge in [-0.2, -0.15) is 5.12 Å². The highest BCUT2D eigenvalue weighted by Crippen LogP contribution is 2.23. The van der Waals surface area contributed by atoms with Crippen LogP contribution in [0.2, 0.25) is 0 Å². The number of urea groups is 1. The van der Waals surface area contributed by atoms with Crippen molar-refractivity contribution >= 4 is 41.2 Å². The number of hydrazine groups is 3. The quantitative estimate of drug-likeness (QED) is 0.626. The molecule has 2 amide bonds. The number of carbonyl (C=O) groups excluding carboxylic acids is 1. The normalized spacial score (nSPS) is 13.2. The number of amides is 2. The molecule has 25 heavy (non-hydrogen) atoms. The lowest BCUT2D eigenvalue weighted by molar-refractivity contribution is -0.385. The Kier molecular flexibility index (Phi) is 5.00. The number of benzene rings is 2. The molecule has 3 rings (SSSR count). The molecule has 2 aromatic carbocycles. The van der Waals surface area contributed by atoms with Crippen LogP contribution in [0, 0.1) is 20.2 Å². The first-order valence-electron chi connectivity index (χ1n) is 6.62. The van der Waals surface area contributed by atoms with Crippen LogP contribution >= 0.6 is 12.4 Å². The van der Waals surface area contributed by atoms with Crippen molar-refractivity contribution in [3.8, 4) is 0 Å². The molecule has 0 aromatic heterocycles. The standard InChI is InChI=1S/C13H10N6O5.ClH/c20-13-14-17(10-3-7-12(8-4-10)19(23)24)15-16(13)9-1-5-11(6-2-9)18(21)22;/h1-8,15H,(H,14,20);1H. The molecule has 0 atom stereocenters. The number of halogens is 1. The van der Waals surface area contributed by atoms with E-state index >= 15 is 0 Å². The maximum atomic E-state index is 12.0. The van der Waals surface area contributed by atoms with Crippen LogP contribution in [0.15, 0.2) is 48.5 Å². The molecule has 2 aromatic rings. The molecule has 130 valence electrons. The summed E-state index contributed by atoms with van der Waals surface area (Å²) in [6, 6.07) is 10.4. The number of nitrogens with zero attached hydrogens (tertiary/aromatic N) is 4. The van der Waals surface area contributed by atoms with E-state index in [-0.39, 0.29) is 23.8 Å². The minimum absolute atomic E-state index is 0. The lowest BCUT2D eigenvalue weighted by Crippen LogP contribution is -2.42. The van der Waals surface area contributed by atoms with Crippen molar-refractivity contribution in [2.45, 2.75) is 0 Å². The predicted octanol–water partition coefficient (Wildman–Crippen LogP) is 2.30. The zero-order chi connectivity index (χ0) is 17.3. The molecule has 0 saturated carbocycles. The van der Waals surface area contributed by atoms with Crippen molar-refractivity contribution in [1.29, 1.82) is 0 Å². The average molecular weight is 367 g/mol. The molecule has 1 fully saturated rings. The van der Waals surface area contributed by atoms with Gasteiger partial charge in [0.05, 0.1) is 21.2 Å². The van der Waals surface area contributed by atoms with Crippen molar-refractivity contribution in [1.82, 2.24) is 11.0 Å². The van der Waals surface area contributed by atoms with Crippen molar-refractivity contribution < 1.29 is 14.6 Å². The highest BCUT2D eigenvalue weighted by Gasteiger charge is 2.28. The number of nitro benzene ring substituents is 2.